The molecular formula is C18H30N4O4S. The zero-order valence-corrected chi connectivity index (χ0v) is 16.6. The van der Waals surface area contributed by atoms with E-state index < -0.39 is 10.0 Å². The van der Waals surface area contributed by atoms with Crippen molar-refractivity contribution in [3.05, 3.63) is 29.8 Å². The van der Waals surface area contributed by atoms with E-state index in [0.717, 1.165) is 50.4 Å². The van der Waals surface area contributed by atoms with Crippen molar-refractivity contribution < 1.29 is 17.9 Å². The van der Waals surface area contributed by atoms with Gasteiger partial charge in [-0.25, -0.2) is 13.6 Å². The largest absolute Gasteiger partial charge is 0.379 e. The number of nitrogens with two attached hydrogens (primary N) is 1. The second kappa shape index (κ2) is 11.2. The predicted octanol–water partition coefficient (Wildman–Crippen LogP) is 0.627. The van der Waals surface area contributed by atoms with Gasteiger partial charge in [-0.05, 0) is 43.4 Å². The smallest absolute Gasteiger partial charge is 0.238 e. The van der Waals surface area contributed by atoms with Crippen LogP contribution >= 0.6 is 0 Å². The number of sulfonamides is 1. The first-order chi connectivity index (χ1) is 13.0. The summed E-state index contributed by atoms with van der Waals surface area (Å²) in [6.45, 7) is 3.68. The van der Waals surface area contributed by atoms with Gasteiger partial charge in [0, 0.05) is 33.4 Å². The molecule has 0 aliphatic carbocycles. The molecule has 0 aromatic heterocycles. The summed E-state index contributed by atoms with van der Waals surface area (Å²) in [6, 6.07) is 6.58. The molecule has 9 heteroatoms. The SMILES string of the molecule is CN=C(NCCCOCC1CCCO1)NCCc1ccc(S(N)(=O)=O)cc1. The molecule has 1 aliphatic rings. The molecule has 1 heterocycles. The van der Waals surface area contributed by atoms with Crippen molar-refractivity contribution in [1.82, 2.24) is 10.6 Å². The molecule has 1 aromatic carbocycles. The molecule has 1 atom stereocenters. The maximum Gasteiger partial charge on any atom is 0.238 e. The molecule has 1 unspecified atom stereocenters. The minimum atomic E-state index is -3.64. The number of guanidine groups is 1. The highest BCUT2D eigenvalue weighted by molar-refractivity contribution is 7.89. The van der Waals surface area contributed by atoms with E-state index in [1.165, 1.54) is 12.1 Å². The average Bonchev–Trinajstić information content (AvgIpc) is 3.16. The summed E-state index contributed by atoms with van der Waals surface area (Å²) in [7, 11) is -1.92. The summed E-state index contributed by atoms with van der Waals surface area (Å²) in [5, 5.41) is 11.6. The second-order valence-corrected chi connectivity index (χ2v) is 7.99. The van der Waals surface area contributed by atoms with E-state index in [0.29, 0.717) is 19.8 Å². The quantitative estimate of drug-likeness (QED) is 0.302. The normalized spacial score (nSPS) is 17.9. The lowest BCUT2D eigenvalue weighted by Crippen LogP contribution is -2.39. The van der Waals surface area contributed by atoms with Crippen molar-refractivity contribution in [2.45, 2.75) is 36.7 Å². The van der Waals surface area contributed by atoms with E-state index in [1.807, 2.05) is 0 Å². The van der Waals surface area contributed by atoms with E-state index in [1.54, 1.807) is 19.2 Å². The standard InChI is InChI=1S/C18H30N4O4S/c1-20-18(21-10-3-12-25-14-16-4-2-13-26-16)22-11-9-15-5-7-17(8-6-15)27(19,23)24/h5-8,16H,2-4,9-14H2,1H3,(H2,19,23,24)(H2,20,21,22). The maximum absolute atomic E-state index is 11.2. The van der Waals surface area contributed by atoms with Crippen LogP contribution < -0.4 is 15.8 Å². The summed E-state index contributed by atoms with van der Waals surface area (Å²) in [5.74, 6) is 0.732. The molecule has 2 rings (SSSR count). The molecule has 0 bridgehead atoms. The third kappa shape index (κ3) is 8.25. The lowest BCUT2D eigenvalue weighted by atomic mass is 10.1. The second-order valence-electron chi connectivity index (χ2n) is 6.43. The number of aliphatic imine (C=N–C) groups is 1. The molecular weight excluding hydrogens is 368 g/mol. The van der Waals surface area contributed by atoms with E-state index in [2.05, 4.69) is 15.6 Å². The van der Waals surface area contributed by atoms with E-state index >= 15 is 0 Å². The predicted molar refractivity (Wildman–Crippen MR) is 105 cm³/mol. The molecule has 152 valence electrons. The lowest BCUT2D eigenvalue weighted by Gasteiger charge is -2.13. The van der Waals surface area contributed by atoms with Gasteiger partial charge in [0.25, 0.3) is 0 Å². The van der Waals surface area contributed by atoms with Gasteiger partial charge in [0.2, 0.25) is 10.0 Å². The molecule has 1 aliphatic heterocycles. The van der Waals surface area contributed by atoms with Crippen LogP contribution in [-0.4, -0.2) is 60.4 Å². The summed E-state index contributed by atoms with van der Waals surface area (Å²) in [5.41, 5.74) is 1.02. The average molecular weight is 399 g/mol. The number of primary sulfonamides is 1. The molecule has 1 fully saturated rings. The number of ether oxygens (including phenoxy) is 2. The van der Waals surface area contributed by atoms with Gasteiger partial charge in [0.1, 0.15) is 0 Å². The van der Waals surface area contributed by atoms with Crippen LogP contribution in [0.25, 0.3) is 0 Å². The Morgan fingerprint density at radius 1 is 1.30 bits per heavy atom. The molecule has 4 N–H and O–H groups in total. The molecule has 1 saturated heterocycles. The highest BCUT2D eigenvalue weighted by atomic mass is 32.2. The molecule has 27 heavy (non-hydrogen) atoms. The zero-order chi connectivity index (χ0) is 19.5. The first-order valence-electron chi connectivity index (χ1n) is 9.24. The Hall–Kier alpha value is -1.68. The molecule has 0 radical (unpaired) electrons. The number of rotatable bonds is 10. The number of hydrogen-bond donors (Lipinski definition) is 3. The van der Waals surface area contributed by atoms with Gasteiger partial charge in [-0.2, -0.15) is 0 Å². The molecule has 8 nitrogen and oxygen atoms in total. The molecule has 0 spiro atoms. The van der Waals surface area contributed by atoms with Crippen LogP contribution in [0.5, 0.6) is 0 Å². The minimum Gasteiger partial charge on any atom is -0.379 e. The number of hydrogen-bond acceptors (Lipinski definition) is 5. The summed E-state index contributed by atoms with van der Waals surface area (Å²) in [4.78, 5) is 4.31. The van der Waals surface area contributed by atoms with Crippen LogP contribution in [0.2, 0.25) is 0 Å². The van der Waals surface area contributed by atoms with Gasteiger partial charge in [-0.1, -0.05) is 12.1 Å². The number of nitrogens with zero attached hydrogens (tertiary/aromatic N) is 1. The first kappa shape index (κ1) is 21.6. The summed E-state index contributed by atoms with van der Waals surface area (Å²) >= 11 is 0. The van der Waals surface area contributed by atoms with Crippen molar-refractivity contribution in [3.8, 4) is 0 Å². The van der Waals surface area contributed by atoms with Gasteiger partial charge in [-0.3, -0.25) is 4.99 Å². The molecule has 0 saturated carbocycles. The Bertz CT molecular complexity index is 686. The maximum atomic E-state index is 11.2. The fourth-order valence-electron chi connectivity index (χ4n) is 2.76. The van der Waals surface area contributed by atoms with Gasteiger partial charge in [-0.15, -0.1) is 0 Å². The fourth-order valence-corrected chi connectivity index (χ4v) is 3.28. The first-order valence-corrected chi connectivity index (χ1v) is 10.8. The summed E-state index contributed by atoms with van der Waals surface area (Å²) in [6.07, 6.45) is 4.14. The van der Waals surface area contributed by atoms with Crippen molar-refractivity contribution in [1.29, 1.82) is 0 Å². The van der Waals surface area contributed by atoms with Crippen molar-refractivity contribution in [2.75, 3.05) is 40.0 Å². The van der Waals surface area contributed by atoms with E-state index in [-0.39, 0.29) is 11.0 Å². The fraction of sp³-hybridized carbons (Fsp3) is 0.611. The minimum absolute atomic E-state index is 0.124. The highest BCUT2D eigenvalue weighted by Crippen LogP contribution is 2.12. The van der Waals surface area contributed by atoms with Gasteiger partial charge in [0.05, 0.1) is 17.6 Å². The third-order valence-electron chi connectivity index (χ3n) is 4.27. The van der Waals surface area contributed by atoms with Crippen molar-refractivity contribution in [3.63, 3.8) is 0 Å². The Morgan fingerprint density at radius 3 is 2.67 bits per heavy atom. The summed E-state index contributed by atoms with van der Waals surface area (Å²) < 4.78 is 33.6. The van der Waals surface area contributed by atoms with Crippen LogP contribution in [0.3, 0.4) is 0 Å². The van der Waals surface area contributed by atoms with Gasteiger partial charge in [0.15, 0.2) is 5.96 Å². The van der Waals surface area contributed by atoms with E-state index in [4.69, 9.17) is 14.6 Å². The Labute approximate surface area is 161 Å². The number of benzene rings is 1. The van der Waals surface area contributed by atoms with Gasteiger partial charge < -0.3 is 20.1 Å². The van der Waals surface area contributed by atoms with Crippen LogP contribution in [0.15, 0.2) is 34.2 Å². The Kier molecular flexibility index (Phi) is 8.99. The molecule has 0 amide bonds. The van der Waals surface area contributed by atoms with Crippen molar-refractivity contribution in [2.24, 2.45) is 10.1 Å². The van der Waals surface area contributed by atoms with Crippen LogP contribution in [0.4, 0.5) is 0 Å². The lowest BCUT2D eigenvalue weighted by molar-refractivity contribution is 0.0168. The van der Waals surface area contributed by atoms with Crippen LogP contribution in [0, 0.1) is 0 Å². The third-order valence-corrected chi connectivity index (χ3v) is 5.20. The van der Waals surface area contributed by atoms with Crippen LogP contribution in [0.1, 0.15) is 24.8 Å². The van der Waals surface area contributed by atoms with Crippen molar-refractivity contribution >= 4 is 16.0 Å². The van der Waals surface area contributed by atoms with Crippen LogP contribution in [-0.2, 0) is 25.9 Å². The molecule has 1 aromatic rings. The number of nitrogens with one attached hydrogen (secondary N) is 2. The monoisotopic (exact) mass is 398 g/mol. The Morgan fingerprint density at radius 2 is 2.04 bits per heavy atom. The zero-order valence-electron chi connectivity index (χ0n) is 15.8. The Balaban J connectivity index is 1.57. The van der Waals surface area contributed by atoms with Gasteiger partial charge >= 0.3 is 0 Å². The highest BCUT2D eigenvalue weighted by Gasteiger charge is 2.14. The van der Waals surface area contributed by atoms with E-state index in [9.17, 15) is 8.42 Å². The topological polar surface area (TPSA) is 115 Å².